The van der Waals surface area contributed by atoms with E-state index in [9.17, 15) is 4.79 Å². The third-order valence-electron chi connectivity index (χ3n) is 1.30. The number of carbonyl (C=O) groups excluding carboxylic acids is 1. The number of pyridine rings is 1. The summed E-state index contributed by atoms with van der Waals surface area (Å²) in [6, 6.07) is 5.53. The molecule has 0 saturated carbocycles. The first-order chi connectivity index (χ1) is 5.18. The minimum Gasteiger partial charge on any atom is -0.369 e. The van der Waals surface area contributed by atoms with Crippen LogP contribution >= 0.6 is 0 Å². The molecule has 1 heterocycles. The van der Waals surface area contributed by atoms with Crippen molar-refractivity contribution in [1.82, 2.24) is 4.98 Å². The molecule has 2 N–H and O–H groups in total. The van der Waals surface area contributed by atoms with Crippen LogP contribution in [0.5, 0.6) is 0 Å². The molecule has 0 aliphatic carbocycles. The Bertz CT molecular complexity index is 271. The van der Waals surface area contributed by atoms with Gasteiger partial charge in [-0.1, -0.05) is 6.07 Å². The number of nitrogens with two attached hydrogens (primary N) is 1. The van der Waals surface area contributed by atoms with Gasteiger partial charge in [0.2, 0.25) is 5.91 Å². The molecule has 0 aliphatic rings. The average molecular weight is 150 g/mol. The first-order valence-electron chi connectivity index (χ1n) is 3.39. The highest BCUT2D eigenvalue weighted by Crippen LogP contribution is 1.97. The Hall–Kier alpha value is -1.38. The summed E-state index contributed by atoms with van der Waals surface area (Å²) in [7, 11) is 0. The van der Waals surface area contributed by atoms with E-state index in [1.165, 1.54) is 0 Å². The van der Waals surface area contributed by atoms with E-state index in [-0.39, 0.29) is 12.3 Å². The molecule has 0 radical (unpaired) electrons. The molecular formula is C8H10N2O. The highest BCUT2D eigenvalue weighted by atomic mass is 16.1. The Balaban J connectivity index is 2.79. The topological polar surface area (TPSA) is 56.0 Å². The first-order valence-corrected chi connectivity index (χ1v) is 3.39. The maximum atomic E-state index is 10.5. The molecule has 0 aliphatic heterocycles. The molecule has 0 bridgehead atoms. The fourth-order valence-electron chi connectivity index (χ4n) is 0.876. The summed E-state index contributed by atoms with van der Waals surface area (Å²) in [5.41, 5.74) is 6.64. The van der Waals surface area contributed by atoms with Crippen molar-refractivity contribution in [3.63, 3.8) is 0 Å². The normalized spacial score (nSPS) is 9.55. The number of aromatic nitrogens is 1. The maximum absolute atomic E-state index is 10.5. The summed E-state index contributed by atoms with van der Waals surface area (Å²) in [5.74, 6) is -0.344. The van der Waals surface area contributed by atoms with Crippen molar-refractivity contribution in [2.45, 2.75) is 13.3 Å². The molecule has 0 saturated heterocycles. The van der Waals surface area contributed by atoms with E-state index >= 15 is 0 Å². The van der Waals surface area contributed by atoms with Crippen molar-refractivity contribution < 1.29 is 4.79 Å². The van der Waals surface area contributed by atoms with Gasteiger partial charge in [0.15, 0.2) is 0 Å². The van der Waals surface area contributed by atoms with Crippen molar-refractivity contribution in [3.8, 4) is 0 Å². The lowest BCUT2D eigenvalue weighted by molar-refractivity contribution is -0.117. The zero-order valence-corrected chi connectivity index (χ0v) is 6.37. The number of nitrogens with zero attached hydrogens (tertiary/aromatic N) is 1. The Morgan fingerprint density at radius 2 is 2.36 bits per heavy atom. The summed E-state index contributed by atoms with van der Waals surface area (Å²) in [5, 5.41) is 0. The predicted molar refractivity (Wildman–Crippen MR) is 41.9 cm³/mol. The average Bonchev–Trinajstić information content (AvgIpc) is 1.85. The van der Waals surface area contributed by atoms with Gasteiger partial charge < -0.3 is 5.73 Å². The molecule has 0 fully saturated rings. The fourth-order valence-corrected chi connectivity index (χ4v) is 0.876. The third-order valence-corrected chi connectivity index (χ3v) is 1.30. The third kappa shape index (κ3) is 2.37. The van der Waals surface area contributed by atoms with E-state index in [1.807, 2.05) is 19.1 Å². The quantitative estimate of drug-likeness (QED) is 0.664. The van der Waals surface area contributed by atoms with E-state index in [4.69, 9.17) is 5.73 Å². The molecule has 58 valence electrons. The van der Waals surface area contributed by atoms with E-state index in [2.05, 4.69) is 4.98 Å². The van der Waals surface area contributed by atoms with Crippen LogP contribution in [0.15, 0.2) is 18.2 Å². The van der Waals surface area contributed by atoms with Crippen LogP contribution in [0.2, 0.25) is 0 Å². The number of hydrogen-bond acceptors (Lipinski definition) is 2. The van der Waals surface area contributed by atoms with Crippen molar-refractivity contribution >= 4 is 5.91 Å². The summed E-state index contributed by atoms with van der Waals surface area (Å²) >= 11 is 0. The Morgan fingerprint density at radius 1 is 1.64 bits per heavy atom. The van der Waals surface area contributed by atoms with Crippen LogP contribution in [0.1, 0.15) is 11.4 Å². The lowest BCUT2D eigenvalue weighted by Gasteiger charge is -1.96. The number of aryl methyl sites for hydroxylation is 1. The Morgan fingerprint density at radius 3 is 2.91 bits per heavy atom. The van der Waals surface area contributed by atoms with E-state index in [0.29, 0.717) is 0 Å². The van der Waals surface area contributed by atoms with Crippen LogP contribution in [0.25, 0.3) is 0 Å². The zero-order valence-electron chi connectivity index (χ0n) is 6.37. The molecule has 0 unspecified atom stereocenters. The minimum atomic E-state index is -0.344. The highest BCUT2D eigenvalue weighted by molar-refractivity contribution is 5.76. The van der Waals surface area contributed by atoms with Gasteiger partial charge in [-0.2, -0.15) is 0 Å². The summed E-state index contributed by atoms with van der Waals surface area (Å²) in [6.45, 7) is 1.88. The van der Waals surface area contributed by atoms with Crippen LogP contribution in [-0.4, -0.2) is 10.9 Å². The van der Waals surface area contributed by atoms with Gasteiger partial charge in [0.1, 0.15) is 0 Å². The molecule has 0 atom stereocenters. The molecule has 1 aromatic rings. The van der Waals surface area contributed by atoms with E-state index < -0.39 is 0 Å². The molecule has 1 amide bonds. The summed E-state index contributed by atoms with van der Waals surface area (Å²) in [6.07, 6.45) is 0.224. The number of primary amides is 1. The molecule has 3 nitrogen and oxygen atoms in total. The monoisotopic (exact) mass is 150 g/mol. The second kappa shape index (κ2) is 3.14. The number of carbonyl (C=O) groups is 1. The molecule has 11 heavy (non-hydrogen) atoms. The molecular weight excluding hydrogens is 140 g/mol. The standard InChI is InChI=1S/C8H10N2O/c1-6-3-2-4-7(10-6)5-8(9)11/h2-4H,5H2,1H3,(H2,9,11). The van der Waals surface area contributed by atoms with Gasteiger partial charge in [-0.25, -0.2) is 0 Å². The van der Waals surface area contributed by atoms with Gasteiger partial charge in [0.25, 0.3) is 0 Å². The Kier molecular flexibility index (Phi) is 2.21. The molecule has 1 aromatic heterocycles. The first kappa shape index (κ1) is 7.72. The number of hydrogen-bond donors (Lipinski definition) is 1. The highest BCUT2D eigenvalue weighted by Gasteiger charge is 1.98. The van der Waals surface area contributed by atoms with Gasteiger partial charge in [-0.15, -0.1) is 0 Å². The van der Waals surface area contributed by atoms with Gasteiger partial charge in [-0.3, -0.25) is 9.78 Å². The second-order valence-electron chi connectivity index (χ2n) is 2.41. The van der Waals surface area contributed by atoms with Crippen LogP contribution in [0, 0.1) is 6.92 Å². The fraction of sp³-hybridized carbons (Fsp3) is 0.250. The molecule has 0 spiro atoms. The van der Waals surface area contributed by atoms with Gasteiger partial charge in [-0.05, 0) is 19.1 Å². The lowest BCUT2D eigenvalue weighted by atomic mass is 10.2. The lowest BCUT2D eigenvalue weighted by Crippen LogP contribution is -2.14. The van der Waals surface area contributed by atoms with E-state index in [1.54, 1.807) is 6.07 Å². The van der Waals surface area contributed by atoms with Crippen LogP contribution in [0.3, 0.4) is 0 Å². The maximum Gasteiger partial charge on any atom is 0.223 e. The number of amides is 1. The van der Waals surface area contributed by atoms with Gasteiger partial charge in [0.05, 0.1) is 6.42 Å². The second-order valence-corrected chi connectivity index (χ2v) is 2.41. The molecule has 0 aromatic carbocycles. The minimum absolute atomic E-state index is 0.224. The van der Waals surface area contributed by atoms with Crippen molar-refractivity contribution in [3.05, 3.63) is 29.6 Å². The summed E-state index contributed by atoms with van der Waals surface area (Å²) in [4.78, 5) is 14.6. The SMILES string of the molecule is Cc1cccc(CC(N)=O)n1. The van der Waals surface area contributed by atoms with Crippen molar-refractivity contribution in [2.24, 2.45) is 5.73 Å². The van der Waals surface area contributed by atoms with Crippen LogP contribution < -0.4 is 5.73 Å². The summed E-state index contributed by atoms with van der Waals surface area (Å²) < 4.78 is 0. The number of rotatable bonds is 2. The van der Waals surface area contributed by atoms with Crippen molar-refractivity contribution in [2.75, 3.05) is 0 Å². The molecule has 1 rings (SSSR count). The smallest absolute Gasteiger partial charge is 0.223 e. The van der Waals surface area contributed by atoms with Crippen LogP contribution in [0.4, 0.5) is 0 Å². The Labute approximate surface area is 65.2 Å². The largest absolute Gasteiger partial charge is 0.369 e. The predicted octanol–water partition coefficient (Wildman–Crippen LogP) is 0.418. The zero-order chi connectivity index (χ0) is 8.27. The van der Waals surface area contributed by atoms with Crippen molar-refractivity contribution in [1.29, 1.82) is 0 Å². The van der Waals surface area contributed by atoms with Gasteiger partial charge >= 0.3 is 0 Å². The molecule has 3 heteroatoms. The van der Waals surface area contributed by atoms with Gasteiger partial charge in [0, 0.05) is 11.4 Å². The van der Waals surface area contributed by atoms with Crippen LogP contribution in [-0.2, 0) is 11.2 Å². The van der Waals surface area contributed by atoms with E-state index in [0.717, 1.165) is 11.4 Å².